The van der Waals surface area contributed by atoms with E-state index in [4.69, 9.17) is 0 Å². The maximum atomic E-state index is 12.5. The standard InChI is InChI=1S/C18H23N3O/c1-5-14-8-6-7-13(4)17(14)21-18(22)15-9-16(11-19-10-15)20-12(2)3/h6-12,20H,5H2,1-4H3,(H,21,22). The van der Waals surface area contributed by atoms with Gasteiger partial charge in [0.05, 0.1) is 11.3 Å². The number of aromatic nitrogens is 1. The highest BCUT2D eigenvalue weighted by molar-refractivity contribution is 6.05. The van der Waals surface area contributed by atoms with Crippen LogP contribution in [-0.2, 0) is 6.42 Å². The number of nitrogens with zero attached hydrogens (tertiary/aromatic N) is 1. The molecule has 0 radical (unpaired) electrons. The molecule has 0 aliphatic rings. The van der Waals surface area contributed by atoms with Gasteiger partial charge in [-0.2, -0.15) is 0 Å². The van der Waals surface area contributed by atoms with Crippen LogP contribution >= 0.6 is 0 Å². The van der Waals surface area contributed by atoms with Gasteiger partial charge in [0.1, 0.15) is 0 Å². The highest BCUT2D eigenvalue weighted by Gasteiger charge is 2.11. The summed E-state index contributed by atoms with van der Waals surface area (Å²) in [5.74, 6) is -0.135. The molecule has 0 aliphatic carbocycles. The van der Waals surface area contributed by atoms with Crippen molar-refractivity contribution in [2.45, 2.75) is 40.2 Å². The van der Waals surface area contributed by atoms with Crippen molar-refractivity contribution in [3.8, 4) is 0 Å². The number of anilines is 2. The molecule has 2 aromatic rings. The summed E-state index contributed by atoms with van der Waals surface area (Å²) in [5.41, 5.74) is 4.51. The van der Waals surface area contributed by atoms with E-state index in [9.17, 15) is 4.79 Å². The van der Waals surface area contributed by atoms with Crippen LogP contribution in [0.4, 0.5) is 11.4 Å². The van der Waals surface area contributed by atoms with E-state index in [2.05, 4.69) is 22.5 Å². The Labute approximate surface area is 132 Å². The number of hydrogen-bond acceptors (Lipinski definition) is 3. The second-order valence-corrected chi connectivity index (χ2v) is 5.68. The van der Waals surface area contributed by atoms with Crippen LogP contribution in [0.15, 0.2) is 36.7 Å². The third kappa shape index (κ3) is 3.85. The third-order valence-corrected chi connectivity index (χ3v) is 3.43. The summed E-state index contributed by atoms with van der Waals surface area (Å²) in [6.45, 7) is 8.18. The number of hydrogen-bond donors (Lipinski definition) is 2. The molecule has 2 rings (SSSR count). The molecule has 0 unspecified atom stereocenters. The number of pyridine rings is 1. The molecule has 4 nitrogen and oxygen atoms in total. The van der Waals surface area contributed by atoms with E-state index in [1.807, 2.05) is 45.0 Å². The van der Waals surface area contributed by atoms with Gasteiger partial charge >= 0.3 is 0 Å². The molecule has 116 valence electrons. The van der Waals surface area contributed by atoms with Gasteiger partial charge in [0, 0.05) is 24.1 Å². The highest BCUT2D eigenvalue weighted by Crippen LogP contribution is 2.22. The summed E-state index contributed by atoms with van der Waals surface area (Å²) >= 11 is 0. The molecule has 0 saturated heterocycles. The number of nitrogens with one attached hydrogen (secondary N) is 2. The SMILES string of the molecule is CCc1cccc(C)c1NC(=O)c1cncc(NC(C)C)c1. The summed E-state index contributed by atoms with van der Waals surface area (Å²) in [6, 6.07) is 8.18. The molecule has 0 bridgehead atoms. The molecule has 1 aromatic carbocycles. The van der Waals surface area contributed by atoms with Gasteiger partial charge in [-0.1, -0.05) is 25.1 Å². The van der Waals surface area contributed by atoms with Crippen LogP contribution in [0.1, 0.15) is 42.3 Å². The average Bonchev–Trinajstić information content (AvgIpc) is 2.48. The van der Waals surface area contributed by atoms with Gasteiger partial charge in [0.25, 0.3) is 5.91 Å². The van der Waals surface area contributed by atoms with Gasteiger partial charge in [0.15, 0.2) is 0 Å². The van der Waals surface area contributed by atoms with Crippen molar-refractivity contribution in [2.24, 2.45) is 0 Å². The maximum absolute atomic E-state index is 12.5. The highest BCUT2D eigenvalue weighted by atomic mass is 16.1. The monoisotopic (exact) mass is 297 g/mol. The lowest BCUT2D eigenvalue weighted by Crippen LogP contribution is -2.16. The van der Waals surface area contributed by atoms with Crippen molar-refractivity contribution in [1.82, 2.24) is 4.98 Å². The lowest BCUT2D eigenvalue weighted by molar-refractivity contribution is 0.102. The normalized spacial score (nSPS) is 10.6. The molecule has 1 heterocycles. The Balaban J connectivity index is 2.23. The maximum Gasteiger partial charge on any atom is 0.257 e. The van der Waals surface area contributed by atoms with Crippen LogP contribution in [0.25, 0.3) is 0 Å². The molecule has 1 aromatic heterocycles. The van der Waals surface area contributed by atoms with E-state index in [1.54, 1.807) is 12.4 Å². The minimum Gasteiger partial charge on any atom is -0.382 e. The summed E-state index contributed by atoms with van der Waals surface area (Å²) in [6.07, 6.45) is 4.19. The quantitative estimate of drug-likeness (QED) is 0.876. The Morgan fingerprint density at radius 3 is 2.73 bits per heavy atom. The number of benzene rings is 1. The van der Waals surface area contributed by atoms with Crippen LogP contribution < -0.4 is 10.6 Å². The van der Waals surface area contributed by atoms with Crippen molar-refractivity contribution >= 4 is 17.3 Å². The van der Waals surface area contributed by atoms with E-state index in [0.717, 1.165) is 28.9 Å². The fraction of sp³-hybridized carbons (Fsp3) is 0.333. The Morgan fingerprint density at radius 1 is 1.27 bits per heavy atom. The van der Waals surface area contributed by atoms with E-state index in [0.29, 0.717) is 11.6 Å². The van der Waals surface area contributed by atoms with Crippen LogP contribution in [0.3, 0.4) is 0 Å². The average molecular weight is 297 g/mol. The van der Waals surface area contributed by atoms with Gasteiger partial charge in [-0.25, -0.2) is 0 Å². The summed E-state index contributed by atoms with van der Waals surface area (Å²) in [7, 11) is 0. The number of aryl methyl sites for hydroxylation is 2. The molecule has 4 heteroatoms. The Hall–Kier alpha value is -2.36. The van der Waals surface area contributed by atoms with E-state index >= 15 is 0 Å². The zero-order valence-corrected chi connectivity index (χ0v) is 13.6. The first-order valence-electron chi connectivity index (χ1n) is 7.62. The van der Waals surface area contributed by atoms with Crippen molar-refractivity contribution in [3.63, 3.8) is 0 Å². The molecule has 1 amide bonds. The molecule has 0 spiro atoms. The Bertz CT molecular complexity index is 665. The molecule has 2 N–H and O–H groups in total. The van der Waals surface area contributed by atoms with Crippen LogP contribution in [0.5, 0.6) is 0 Å². The van der Waals surface area contributed by atoms with Crippen molar-refractivity contribution in [3.05, 3.63) is 53.3 Å². The Kier molecular flexibility index (Phi) is 5.15. The number of para-hydroxylation sites is 1. The van der Waals surface area contributed by atoms with Crippen molar-refractivity contribution in [1.29, 1.82) is 0 Å². The second kappa shape index (κ2) is 7.07. The molecule has 0 aliphatic heterocycles. The molecule has 0 fully saturated rings. The smallest absolute Gasteiger partial charge is 0.257 e. The largest absolute Gasteiger partial charge is 0.382 e. The van der Waals surface area contributed by atoms with Crippen LogP contribution in [-0.4, -0.2) is 16.9 Å². The number of rotatable bonds is 5. The Morgan fingerprint density at radius 2 is 2.05 bits per heavy atom. The molecule has 22 heavy (non-hydrogen) atoms. The van der Waals surface area contributed by atoms with E-state index in [1.165, 1.54) is 0 Å². The summed E-state index contributed by atoms with van der Waals surface area (Å²) in [4.78, 5) is 16.6. The van der Waals surface area contributed by atoms with E-state index < -0.39 is 0 Å². The fourth-order valence-electron chi connectivity index (χ4n) is 2.36. The van der Waals surface area contributed by atoms with Gasteiger partial charge in [-0.05, 0) is 44.4 Å². The first kappa shape index (κ1) is 16.0. The number of carbonyl (C=O) groups excluding carboxylic acids is 1. The van der Waals surface area contributed by atoms with Crippen LogP contribution in [0, 0.1) is 6.92 Å². The van der Waals surface area contributed by atoms with E-state index in [-0.39, 0.29) is 5.91 Å². The number of carbonyl (C=O) groups is 1. The molecule has 0 saturated carbocycles. The second-order valence-electron chi connectivity index (χ2n) is 5.68. The topological polar surface area (TPSA) is 54.0 Å². The summed E-state index contributed by atoms with van der Waals surface area (Å²) in [5, 5.41) is 6.28. The van der Waals surface area contributed by atoms with Crippen LogP contribution in [0.2, 0.25) is 0 Å². The minimum atomic E-state index is -0.135. The molecular weight excluding hydrogens is 274 g/mol. The predicted molar refractivity (Wildman–Crippen MR) is 91.5 cm³/mol. The summed E-state index contributed by atoms with van der Waals surface area (Å²) < 4.78 is 0. The first-order valence-corrected chi connectivity index (χ1v) is 7.62. The van der Waals surface area contributed by atoms with Gasteiger partial charge in [-0.3, -0.25) is 9.78 Å². The predicted octanol–water partition coefficient (Wildman–Crippen LogP) is 4.03. The fourth-order valence-corrected chi connectivity index (χ4v) is 2.36. The third-order valence-electron chi connectivity index (χ3n) is 3.43. The first-order chi connectivity index (χ1) is 10.5. The minimum absolute atomic E-state index is 0.135. The van der Waals surface area contributed by atoms with Crippen molar-refractivity contribution < 1.29 is 4.79 Å². The van der Waals surface area contributed by atoms with Gasteiger partial charge in [0.2, 0.25) is 0 Å². The molecule has 0 atom stereocenters. The number of amides is 1. The van der Waals surface area contributed by atoms with Crippen molar-refractivity contribution in [2.75, 3.05) is 10.6 Å². The lowest BCUT2D eigenvalue weighted by atomic mass is 10.1. The van der Waals surface area contributed by atoms with Gasteiger partial charge in [-0.15, -0.1) is 0 Å². The zero-order valence-electron chi connectivity index (χ0n) is 13.6. The molecular formula is C18H23N3O. The van der Waals surface area contributed by atoms with Gasteiger partial charge < -0.3 is 10.6 Å². The zero-order chi connectivity index (χ0) is 16.1. The lowest BCUT2D eigenvalue weighted by Gasteiger charge is -2.14.